The first-order valence-corrected chi connectivity index (χ1v) is 16.6. The summed E-state index contributed by atoms with van der Waals surface area (Å²) in [4.78, 5) is 9.91. The lowest BCUT2D eigenvalue weighted by molar-refractivity contribution is 0.591. The number of hydrogen-bond acceptors (Lipinski definition) is 4. The van der Waals surface area contributed by atoms with Gasteiger partial charge in [-0.2, -0.15) is 0 Å². The van der Waals surface area contributed by atoms with Crippen molar-refractivity contribution >= 4 is 56.4 Å². The highest BCUT2D eigenvalue weighted by Crippen LogP contribution is 2.36. The molecule has 41 heavy (non-hydrogen) atoms. The van der Waals surface area contributed by atoms with Crippen LogP contribution < -0.4 is 10.6 Å². The Balaban J connectivity index is 0.924. The highest BCUT2D eigenvalue weighted by molar-refractivity contribution is 6.31. The van der Waals surface area contributed by atoms with Gasteiger partial charge in [0.1, 0.15) is 0 Å². The Bertz CT molecular complexity index is 1400. The zero-order valence-corrected chi connectivity index (χ0v) is 25.6. The summed E-state index contributed by atoms with van der Waals surface area (Å²) in [6.45, 7) is 2.04. The van der Waals surface area contributed by atoms with E-state index in [-0.39, 0.29) is 0 Å². The summed E-state index contributed by atoms with van der Waals surface area (Å²) in [6.07, 6.45) is 18.3. The summed E-state index contributed by atoms with van der Waals surface area (Å²) in [5.74, 6) is 0. The van der Waals surface area contributed by atoms with Crippen LogP contribution >= 0.6 is 23.2 Å². The van der Waals surface area contributed by atoms with Crippen molar-refractivity contribution in [3.05, 3.63) is 69.0 Å². The lowest BCUT2D eigenvalue weighted by Crippen LogP contribution is -2.12. The molecule has 0 aliphatic heterocycles. The molecule has 4 aromatic rings. The van der Waals surface area contributed by atoms with Gasteiger partial charge >= 0.3 is 0 Å². The fourth-order valence-electron chi connectivity index (χ4n) is 6.76. The maximum Gasteiger partial charge on any atom is 0.0741 e. The molecule has 0 fully saturated rings. The number of benzene rings is 2. The number of hydrogen-bond donors (Lipinski definition) is 2. The van der Waals surface area contributed by atoms with E-state index < -0.39 is 0 Å². The van der Waals surface area contributed by atoms with Crippen LogP contribution in [0.25, 0.3) is 21.8 Å². The van der Waals surface area contributed by atoms with Gasteiger partial charge in [0, 0.05) is 56.7 Å². The van der Waals surface area contributed by atoms with Crippen molar-refractivity contribution in [2.75, 3.05) is 23.7 Å². The first-order valence-electron chi connectivity index (χ1n) is 15.9. The minimum atomic E-state index is 0.762. The summed E-state index contributed by atoms with van der Waals surface area (Å²) in [5, 5.41) is 11.6. The Kier molecular flexibility index (Phi) is 9.48. The summed E-state index contributed by atoms with van der Waals surface area (Å²) in [7, 11) is 0. The number of nitrogens with one attached hydrogen (secondary N) is 2. The fraction of sp³-hybridized carbons (Fsp3) is 0.486. The molecule has 216 valence electrons. The highest BCUT2D eigenvalue weighted by Gasteiger charge is 2.19. The van der Waals surface area contributed by atoms with E-state index in [1.54, 1.807) is 0 Å². The number of anilines is 2. The van der Waals surface area contributed by atoms with Gasteiger partial charge in [0.05, 0.1) is 11.0 Å². The minimum absolute atomic E-state index is 0.762. The van der Waals surface area contributed by atoms with E-state index >= 15 is 0 Å². The molecule has 2 N–H and O–H groups in total. The van der Waals surface area contributed by atoms with E-state index in [0.717, 1.165) is 59.9 Å². The molecule has 2 heterocycles. The fourth-order valence-corrected chi connectivity index (χ4v) is 7.09. The van der Waals surface area contributed by atoms with E-state index in [2.05, 4.69) is 22.8 Å². The van der Waals surface area contributed by atoms with E-state index in [4.69, 9.17) is 33.2 Å². The molecule has 0 spiro atoms. The molecule has 0 unspecified atom stereocenters. The molecule has 0 atom stereocenters. The van der Waals surface area contributed by atoms with Crippen LogP contribution in [0.1, 0.15) is 93.1 Å². The molecular weight excluding hydrogens is 547 g/mol. The second-order valence-corrected chi connectivity index (χ2v) is 12.8. The van der Waals surface area contributed by atoms with Gasteiger partial charge in [-0.1, -0.05) is 55.3 Å². The number of aryl methyl sites for hydroxylation is 2. The normalized spacial score (nSPS) is 14.7. The van der Waals surface area contributed by atoms with Crippen molar-refractivity contribution in [3.8, 4) is 0 Å². The third-order valence-electron chi connectivity index (χ3n) is 8.91. The number of halogens is 2. The van der Waals surface area contributed by atoms with Crippen LogP contribution in [0.3, 0.4) is 0 Å². The quantitative estimate of drug-likeness (QED) is 0.162. The molecule has 0 amide bonds. The van der Waals surface area contributed by atoms with Crippen LogP contribution in [0.15, 0.2) is 36.4 Å². The van der Waals surface area contributed by atoms with E-state index in [1.165, 1.54) is 115 Å². The monoisotopic (exact) mass is 588 g/mol. The van der Waals surface area contributed by atoms with Crippen molar-refractivity contribution in [2.45, 2.75) is 96.3 Å². The molecule has 6 rings (SSSR count). The second kappa shape index (κ2) is 13.6. The third-order valence-corrected chi connectivity index (χ3v) is 9.38. The van der Waals surface area contributed by atoms with Crippen LogP contribution in [-0.2, 0) is 25.7 Å². The zero-order valence-electron chi connectivity index (χ0n) is 24.1. The van der Waals surface area contributed by atoms with Crippen molar-refractivity contribution in [1.82, 2.24) is 9.97 Å². The minimum Gasteiger partial charge on any atom is -0.384 e. The highest BCUT2D eigenvalue weighted by atomic mass is 35.5. The lowest BCUT2D eigenvalue weighted by Gasteiger charge is -2.22. The van der Waals surface area contributed by atoms with Crippen molar-refractivity contribution < 1.29 is 0 Å². The Morgan fingerprint density at radius 2 is 0.951 bits per heavy atom. The largest absolute Gasteiger partial charge is 0.384 e. The maximum absolute atomic E-state index is 6.28. The van der Waals surface area contributed by atoms with Crippen LogP contribution in [0, 0.1) is 0 Å². The third kappa shape index (κ3) is 6.75. The number of aromatic nitrogens is 2. The van der Waals surface area contributed by atoms with Gasteiger partial charge in [-0.05, 0) is 112 Å². The van der Waals surface area contributed by atoms with Crippen LogP contribution in [0.2, 0.25) is 10.0 Å². The van der Waals surface area contributed by atoms with Gasteiger partial charge in [0.2, 0.25) is 0 Å². The number of rotatable bonds is 12. The molecule has 4 nitrogen and oxygen atoms in total. The van der Waals surface area contributed by atoms with Crippen LogP contribution in [-0.4, -0.2) is 23.1 Å². The summed E-state index contributed by atoms with van der Waals surface area (Å²) in [5.41, 5.74) is 10.1. The molecule has 2 aromatic carbocycles. The maximum atomic E-state index is 6.28. The van der Waals surface area contributed by atoms with Gasteiger partial charge in [-0.3, -0.25) is 9.97 Å². The standard InChI is InChI=1S/C35H42Cl2N4/c36-24-16-18-28-32(22-24)40-30-14-8-6-12-26(30)34(28)38-20-10-4-2-1-3-5-11-21-39-35-27-13-7-9-15-31(27)41-33-23-25(37)17-19-29(33)35/h16-19,22-23H,1-15,20-21H2,(H,38,40)(H,39,41). The average molecular weight is 590 g/mol. The SMILES string of the molecule is Clc1ccc2c(NCCCCCCCCCNc3c4c(nc5cc(Cl)ccc35)CCCC4)c3c(nc2c1)CCCC3. The Labute approximate surface area is 254 Å². The smallest absolute Gasteiger partial charge is 0.0741 e. The van der Waals surface area contributed by atoms with Crippen LogP contribution in [0.4, 0.5) is 11.4 Å². The number of pyridine rings is 2. The molecule has 0 saturated heterocycles. The lowest BCUT2D eigenvalue weighted by atomic mass is 9.92. The molecule has 2 aliphatic rings. The Hall–Kier alpha value is -2.56. The summed E-state index contributed by atoms with van der Waals surface area (Å²) < 4.78 is 0. The van der Waals surface area contributed by atoms with Crippen molar-refractivity contribution in [2.24, 2.45) is 0 Å². The number of nitrogens with zero attached hydrogens (tertiary/aromatic N) is 2. The van der Waals surface area contributed by atoms with Gasteiger partial charge in [0.25, 0.3) is 0 Å². The number of unbranched alkanes of at least 4 members (excludes halogenated alkanes) is 6. The molecule has 0 bridgehead atoms. The zero-order chi connectivity index (χ0) is 28.0. The van der Waals surface area contributed by atoms with E-state index in [9.17, 15) is 0 Å². The molecule has 6 heteroatoms. The number of fused-ring (bicyclic) bond motifs is 4. The van der Waals surface area contributed by atoms with Gasteiger partial charge in [-0.25, -0.2) is 0 Å². The first-order chi connectivity index (χ1) is 20.2. The molecule has 2 aromatic heterocycles. The van der Waals surface area contributed by atoms with Gasteiger partial charge in [-0.15, -0.1) is 0 Å². The average Bonchev–Trinajstić information content (AvgIpc) is 2.98. The van der Waals surface area contributed by atoms with Gasteiger partial charge < -0.3 is 10.6 Å². The molecular formula is C35H42Cl2N4. The van der Waals surface area contributed by atoms with Crippen LogP contribution in [0.5, 0.6) is 0 Å². The molecule has 2 aliphatic carbocycles. The van der Waals surface area contributed by atoms with Crippen molar-refractivity contribution in [1.29, 1.82) is 0 Å². The first kappa shape index (κ1) is 28.6. The molecule has 0 saturated carbocycles. The van der Waals surface area contributed by atoms with E-state index in [1.807, 2.05) is 24.3 Å². The Morgan fingerprint density at radius 1 is 0.537 bits per heavy atom. The van der Waals surface area contributed by atoms with Gasteiger partial charge in [0.15, 0.2) is 0 Å². The molecule has 0 radical (unpaired) electrons. The summed E-state index contributed by atoms with van der Waals surface area (Å²) in [6, 6.07) is 12.3. The van der Waals surface area contributed by atoms with E-state index in [0.29, 0.717) is 0 Å². The predicted octanol–water partition coefficient (Wildman–Crippen LogP) is 10.1. The Morgan fingerprint density at radius 3 is 1.41 bits per heavy atom. The van der Waals surface area contributed by atoms with Crippen molar-refractivity contribution in [3.63, 3.8) is 0 Å². The summed E-state index contributed by atoms with van der Waals surface area (Å²) >= 11 is 12.6. The predicted molar refractivity (Wildman–Crippen MR) is 176 cm³/mol. The topological polar surface area (TPSA) is 49.8 Å². The second-order valence-electron chi connectivity index (χ2n) is 11.9.